The Labute approximate surface area is 253 Å². The Morgan fingerprint density at radius 3 is 2.51 bits per heavy atom. The molecule has 4 aliphatic carbocycles. The number of ether oxygens (including phenoxy) is 2. The molecule has 2 aliphatic heterocycles. The number of rotatable bonds is 6. The van der Waals surface area contributed by atoms with Crippen LogP contribution < -0.4 is 5.32 Å². The third-order valence-corrected chi connectivity index (χ3v) is 13.0. The monoisotopic (exact) mass is 606 g/mol. The number of nitrogens with zero attached hydrogens (tertiary/aromatic N) is 1. The van der Waals surface area contributed by atoms with Crippen LogP contribution in [0.3, 0.4) is 0 Å². The second-order valence-electron chi connectivity index (χ2n) is 14.7. The van der Waals surface area contributed by atoms with E-state index < -0.39 is 42.8 Å². The molecule has 242 valence electrons. The molecule has 0 aromatic carbocycles. The molecule has 0 spiro atoms. The van der Waals surface area contributed by atoms with Gasteiger partial charge >= 0.3 is 5.97 Å². The molecule has 1 amide bonds. The first-order chi connectivity index (χ1) is 20.4. The second-order valence-corrected chi connectivity index (χ2v) is 14.7. The van der Waals surface area contributed by atoms with E-state index in [2.05, 4.69) is 19.2 Å². The van der Waals surface area contributed by atoms with Crippen LogP contribution in [0.15, 0.2) is 11.6 Å². The lowest BCUT2D eigenvalue weighted by Crippen LogP contribution is -2.69. The minimum Gasteiger partial charge on any atom is -0.458 e. The predicted molar refractivity (Wildman–Crippen MR) is 154 cm³/mol. The van der Waals surface area contributed by atoms with Crippen molar-refractivity contribution in [2.45, 2.75) is 121 Å². The van der Waals surface area contributed by atoms with E-state index in [9.17, 15) is 30.0 Å². The molecule has 6 rings (SSSR count). The van der Waals surface area contributed by atoms with Crippen molar-refractivity contribution in [1.82, 2.24) is 10.4 Å². The van der Waals surface area contributed by atoms with Gasteiger partial charge in [0.1, 0.15) is 24.9 Å². The quantitative estimate of drug-likeness (QED) is 0.221. The first kappa shape index (κ1) is 31.4. The molecule has 5 N–H and O–H groups in total. The van der Waals surface area contributed by atoms with Gasteiger partial charge in [0, 0.05) is 24.5 Å². The first-order valence-electron chi connectivity index (χ1n) is 16.2. The van der Waals surface area contributed by atoms with Gasteiger partial charge in [0.15, 0.2) is 6.23 Å². The smallest absolute Gasteiger partial charge is 0.331 e. The van der Waals surface area contributed by atoms with E-state index in [1.165, 1.54) is 6.92 Å². The topological polar surface area (TPSA) is 158 Å². The van der Waals surface area contributed by atoms with Gasteiger partial charge in [0.2, 0.25) is 5.91 Å². The van der Waals surface area contributed by atoms with Crippen LogP contribution in [-0.4, -0.2) is 99.9 Å². The molecular weight excluding hydrogens is 556 g/mol. The van der Waals surface area contributed by atoms with Gasteiger partial charge in [-0.2, -0.15) is 5.06 Å². The van der Waals surface area contributed by atoms with E-state index in [1.807, 2.05) is 0 Å². The number of hydrogen-bond donors (Lipinski definition) is 5. The summed E-state index contributed by atoms with van der Waals surface area (Å²) in [5, 5.41) is 48.2. The molecule has 6 aliphatic rings. The lowest BCUT2D eigenvalue weighted by atomic mass is 9.43. The molecule has 13 atom stereocenters. The Hall–Kier alpha value is -1.60. The van der Waals surface area contributed by atoms with E-state index in [1.54, 1.807) is 18.2 Å². The molecule has 11 heteroatoms. The number of hydrogen-bond acceptors (Lipinski definition) is 10. The van der Waals surface area contributed by atoms with Crippen LogP contribution in [0.25, 0.3) is 0 Å². The Bertz CT molecular complexity index is 1130. The summed E-state index contributed by atoms with van der Waals surface area (Å²) in [6.07, 6.45) is 5.22. The highest BCUT2D eigenvalue weighted by molar-refractivity contribution is 5.85. The fraction of sp³-hybridized carbons (Fsp3) is 0.875. The molecule has 4 saturated carbocycles. The standard InChI is InChI=1S/C32H50N2O9/c1-17(36)33-26-28(39)27(38)24(15-35)43-29(26)34(41-4)20-7-10-30(2)19(14-20)5-6-23-22(30)8-11-31(3)21(9-12-32(23,31)40)18-13-25(37)42-16-18/h13,19-24,26-29,35,38-40H,5-12,14-16H2,1-4H3,(H,33,36)/t19?,20-,21-,22?,23?,24-,26-,27+,28-,29?,30+,31-,32+/m1/s1. The molecule has 43 heavy (non-hydrogen) atoms. The van der Waals surface area contributed by atoms with Crippen LogP contribution in [0, 0.1) is 34.5 Å². The molecule has 5 fully saturated rings. The highest BCUT2D eigenvalue weighted by Crippen LogP contribution is 2.70. The molecule has 0 aromatic rings. The van der Waals surface area contributed by atoms with E-state index in [-0.39, 0.29) is 40.6 Å². The van der Waals surface area contributed by atoms with Crippen LogP contribution in [0.4, 0.5) is 0 Å². The lowest BCUT2D eigenvalue weighted by Gasteiger charge is -2.64. The van der Waals surface area contributed by atoms with E-state index in [0.717, 1.165) is 63.4 Å². The molecule has 1 saturated heterocycles. The van der Waals surface area contributed by atoms with Gasteiger partial charge in [-0.25, -0.2) is 4.79 Å². The number of esters is 1. The third kappa shape index (κ3) is 4.80. The number of carbonyl (C=O) groups excluding carboxylic acids is 2. The maximum absolute atomic E-state index is 12.5. The Morgan fingerprint density at radius 2 is 1.86 bits per heavy atom. The van der Waals surface area contributed by atoms with Crippen LogP contribution in [0.1, 0.15) is 78.6 Å². The Balaban J connectivity index is 1.20. The molecular formula is C32H50N2O9. The number of aliphatic hydroxyl groups excluding tert-OH is 3. The van der Waals surface area contributed by atoms with Gasteiger partial charge in [0.05, 0.1) is 25.4 Å². The minimum atomic E-state index is -1.35. The van der Waals surface area contributed by atoms with Crippen LogP contribution >= 0.6 is 0 Å². The minimum absolute atomic E-state index is 0.0491. The number of amides is 1. The molecule has 0 aromatic heterocycles. The summed E-state index contributed by atoms with van der Waals surface area (Å²) in [6, 6.07) is -0.988. The summed E-state index contributed by atoms with van der Waals surface area (Å²) in [5.74, 6) is 0.536. The maximum atomic E-state index is 12.5. The van der Waals surface area contributed by atoms with E-state index in [4.69, 9.17) is 14.3 Å². The van der Waals surface area contributed by atoms with E-state index >= 15 is 0 Å². The first-order valence-corrected chi connectivity index (χ1v) is 16.2. The summed E-state index contributed by atoms with van der Waals surface area (Å²) >= 11 is 0. The Kier molecular flexibility index (Phi) is 8.27. The number of carbonyl (C=O) groups is 2. The fourth-order valence-electron chi connectivity index (χ4n) is 10.8. The maximum Gasteiger partial charge on any atom is 0.331 e. The number of aliphatic hydroxyl groups is 4. The van der Waals surface area contributed by atoms with Crippen molar-refractivity contribution in [2.24, 2.45) is 34.5 Å². The summed E-state index contributed by atoms with van der Waals surface area (Å²) in [7, 11) is 1.55. The van der Waals surface area contributed by atoms with Crippen LogP contribution in [0.5, 0.6) is 0 Å². The molecule has 0 bridgehead atoms. The van der Waals surface area contributed by atoms with Gasteiger partial charge in [-0.15, -0.1) is 0 Å². The number of fused-ring (bicyclic) bond motifs is 5. The Morgan fingerprint density at radius 1 is 1.09 bits per heavy atom. The van der Waals surface area contributed by atoms with Crippen molar-refractivity contribution in [3.05, 3.63) is 11.6 Å². The SMILES string of the molecule is CON(C1O[C@H](CO)[C@H](O)[C@H](O)[C@H]1NC(C)=O)[C@@H]1CC[C@@]2(C)C(CCC3C2CC[C@]2(C)[C@@H](C4=CC(=O)OC4)CC[C@]32O)C1. The van der Waals surface area contributed by atoms with Crippen molar-refractivity contribution in [2.75, 3.05) is 20.3 Å². The van der Waals surface area contributed by atoms with Gasteiger partial charge in [-0.05, 0) is 92.4 Å². The third-order valence-electron chi connectivity index (χ3n) is 13.0. The summed E-state index contributed by atoms with van der Waals surface area (Å²) in [5.41, 5.74) is 0.0554. The van der Waals surface area contributed by atoms with Crippen molar-refractivity contribution in [1.29, 1.82) is 0 Å². The van der Waals surface area contributed by atoms with Gasteiger partial charge in [0.25, 0.3) is 0 Å². The van der Waals surface area contributed by atoms with E-state index in [0.29, 0.717) is 18.4 Å². The fourth-order valence-corrected chi connectivity index (χ4v) is 10.8. The van der Waals surface area contributed by atoms with Crippen LogP contribution in [-0.2, 0) is 23.9 Å². The summed E-state index contributed by atoms with van der Waals surface area (Å²) in [4.78, 5) is 29.8. The molecule has 11 nitrogen and oxygen atoms in total. The van der Waals surface area contributed by atoms with Crippen molar-refractivity contribution in [3.63, 3.8) is 0 Å². The average Bonchev–Trinajstić information content (AvgIpc) is 3.52. The molecule has 4 unspecified atom stereocenters. The van der Waals surface area contributed by atoms with Gasteiger partial charge in [-0.1, -0.05) is 13.8 Å². The lowest BCUT2D eigenvalue weighted by molar-refractivity contribution is -0.324. The van der Waals surface area contributed by atoms with Crippen LogP contribution in [0.2, 0.25) is 0 Å². The van der Waals surface area contributed by atoms with Gasteiger partial charge < -0.3 is 35.2 Å². The summed E-state index contributed by atoms with van der Waals surface area (Å²) < 4.78 is 11.3. The van der Waals surface area contributed by atoms with Crippen molar-refractivity contribution >= 4 is 11.9 Å². The highest BCUT2D eigenvalue weighted by Gasteiger charge is 2.68. The van der Waals surface area contributed by atoms with Gasteiger partial charge in [-0.3, -0.25) is 9.63 Å². The van der Waals surface area contributed by atoms with Crippen molar-refractivity contribution < 1.29 is 44.3 Å². The average molecular weight is 607 g/mol. The predicted octanol–water partition coefficient (Wildman–Crippen LogP) is 1.42. The molecule has 0 radical (unpaired) electrons. The number of nitrogens with one attached hydrogen (secondary N) is 1. The zero-order chi connectivity index (χ0) is 30.9. The second kappa shape index (κ2) is 11.3. The zero-order valence-electron chi connectivity index (χ0n) is 25.9. The molecule has 2 heterocycles. The van der Waals surface area contributed by atoms with Crippen molar-refractivity contribution in [3.8, 4) is 0 Å². The highest BCUT2D eigenvalue weighted by atomic mass is 16.7. The zero-order valence-corrected chi connectivity index (χ0v) is 25.9. The number of cyclic esters (lactones) is 1. The summed E-state index contributed by atoms with van der Waals surface area (Å²) in [6.45, 7) is 5.88. The largest absolute Gasteiger partial charge is 0.458 e. The normalized spacial score (nSPS) is 49.5. The number of hydroxylamine groups is 2.